The molecular weight excluding hydrogens is 521 g/mol. The van der Waals surface area contributed by atoms with Crippen molar-refractivity contribution in [2.24, 2.45) is 4.99 Å². The normalized spacial score (nSPS) is 20.9. The molecular formula is C23H38IN5O3. The van der Waals surface area contributed by atoms with Crippen LogP contribution in [-0.2, 0) is 9.47 Å². The molecule has 2 heterocycles. The van der Waals surface area contributed by atoms with Gasteiger partial charge in [-0.05, 0) is 32.8 Å². The first-order chi connectivity index (χ1) is 14.9. The van der Waals surface area contributed by atoms with Crippen molar-refractivity contribution >= 4 is 36.0 Å². The summed E-state index contributed by atoms with van der Waals surface area (Å²) in [7, 11) is 1.81. The van der Waals surface area contributed by atoms with Gasteiger partial charge in [0, 0.05) is 45.8 Å². The van der Waals surface area contributed by atoms with Crippen molar-refractivity contribution in [1.29, 1.82) is 0 Å². The van der Waals surface area contributed by atoms with Crippen molar-refractivity contribution in [1.82, 2.24) is 20.4 Å². The summed E-state index contributed by atoms with van der Waals surface area (Å²) in [4.78, 5) is 21.7. The molecule has 0 aliphatic carbocycles. The minimum absolute atomic E-state index is 0. The number of aliphatic imine (C=N–C) groups is 1. The summed E-state index contributed by atoms with van der Waals surface area (Å²) in [5.41, 5.74) is 0.475. The number of benzene rings is 1. The van der Waals surface area contributed by atoms with Crippen molar-refractivity contribution in [3.8, 4) is 0 Å². The van der Waals surface area contributed by atoms with Gasteiger partial charge in [-0.15, -0.1) is 24.0 Å². The summed E-state index contributed by atoms with van der Waals surface area (Å²) in [6.45, 7) is 11.7. The van der Waals surface area contributed by atoms with Crippen LogP contribution in [0.25, 0.3) is 0 Å². The highest BCUT2D eigenvalue weighted by Crippen LogP contribution is 2.18. The molecule has 0 radical (unpaired) electrons. The lowest BCUT2D eigenvalue weighted by Crippen LogP contribution is -2.48. The van der Waals surface area contributed by atoms with Crippen molar-refractivity contribution in [2.45, 2.75) is 44.9 Å². The molecule has 9 heteroatoms. The van der Waals surface area contributed by atoms with E-state index in [1.165, 1.54) is 0 Å². The van der Waals surface area contributed by atoms with Crippen LogP contribution in [0.2, 0.25) is 0 Å². The minimum Gasteiger partial charge on any atom is -0.444 e. The van der Waals surface area contributed by atoms with Crippen molar-refractivity contribution in [2.75, 3.05) is 53.0 Å². The smallest absolute Gasteiger partial charge is 0.408 e. The average Bonchev–Trinajstić information content (AvgIpc) is 3.23. The zero-order valence-electron chi connectivity index (χ0n) is 19.7. The van der Waals surface area contributed by atoms with E-state index in [1.54, 1.807) is 0 Å². The number of alkyl carbamates (subject to hydrolysis) is 1. The molecule has 1 aromatic rings. The number of nitrogens with one attached hydrogen (secondary N) is 2. The van der Waals surface area contributed by atoms with Crippen LogP contribution in [0, 0.1) is 0 Å². The quantitative estimate of drug-likeness (QED) is 0.329. The third-order valence-corrected chi connectivity index (χ3v) is 5.59. The van der Waals surface area contributed by atoms with E-state index in [9.17, 15) is 4.79 Å². The molecule has 2 N–H and O–H groups in total. The molecule has 0 spiro atoms. The first kappa shape index (κ1) is 26.7. The van der Waals surface area contributed by atoms with E-state index in [0.29, 0.717) is 12.6 Å². The Hall–Kier alpha value is -1.59. The molecule has 32 heavy (non-hydrogen) atoms. The van der Waals surface area contributed by atoms with Crippen LogP contribution in [0.3, 0.4) is 0 Å². The number of halogens is 1. The van der Waals surface area contributed by atoms with E-state index in [0.717, 1.165) is 57.3 Å². The topological polar surface area (TPSA) is 78.4 Å². The van der Waals surface area contributed by atoms with Crippen molar-refractivity contribution in [3.63, 3.8) is 0 Å². The molecule has 3 rings (SSSR count). The predicted octanol–water partition coefficient (Wildman–Crippen LogP) is 2.85. The molecule has 2 unspecified atom stereocenters. The van der Waals surface area contributed by atoms with Crippen molar-refractivity contribution in [3.05, 3.63) is 35.9 Å². The van der Waals surface area contributed by atoms with Gasteiger partial charge >= 0.3 is 6.09 Å². The number of ether oxygens (including phenoxy) is 2. The molecule has 1 amide bonds. The number of amides is 1. The number of morpholine rings is 1. The van der Waals surface area contributed by atoms with Crippen molar-refractivity contribution < 1.29 is 14.3 Å². The van der Waals surface area contributed by atoms with Crippen LogP contribution in [0.4, 0.5) is 4.79 Å². The summed E-state index contributed by atoms with van der Waals surface area (Å²) in [6.07, 6.45) is 0.700. The van der Waals surface area contributed by atoms with E-state index in [4.69, 9.17) is 9.47 Å². The molecule has 2 atom stereocenters. The van der Waals surface area contributed by atoms with E-state index in [2.05, 4.69) is 25.4 Å². The summed E-state index contributed by atoms with van der Waals surface area (Å²) < 4.78 is 11.0. The Kier molecular flexibility index (Phi) is 10.5. The van der Waals surface area contributed by atoms with Crippen LogP contribution in [0.15, 0.2) is 35.3 Å². The van der Waals surface area contributed by atoms with Crippen LogP contribution in [0.1, 0.15) is 38.8 Å². The minimum atomic E-state index is -0.543. The zero-order chi connectivity index (χ0) is 22.3. The predicted molar refractivity (Wildman–Crippen MR) is 138 cm³/mol. The molecule has 2 aliphatic heterocycles. The Morgan fingerprint density at radius 2 is 1.91 bits per heavy atom. The van der Waals surface area contributed by atoms with Gasteiger partial charge in [0.2, 0.25) is 0 Å². The third kappa shape index (κ3) is 8.08. The second-order valence-electron chi connectivity index (χ2n) is 9.07. The molecule has 0 saturated carbocycles. The van der Waals surface area contributed by atoms with Crippen LogP contribution in [0.5, 0.6) is 0 Å². The lowest BCUT2D eigenvalue weighted by molar-refractivity contribution is 0.0194. The van der Waals surface area contributed by atoms with Gasteiger partial charge in [-0.25, -0.2) is 4.79 Å². The van der Waals surface area contributed by atoms with Crippen LogP contribution >= 0.6 is 24.0 Å². The first-order valence-corrected chi connectivity index (χ1v) is 11.2. The molecule has 8 nitrogen and oxygen atoms in total. The highest BCUT2D eigenvalue weighted by atomic mass is 127. The molecule has 0 aromatic heterocycles. The Bertz CT molecular complexity index is 735. The number of likely N-dealkylation sites (tertiary alicyclic amines) is 1. The molecule has 2 saturated heterocycles. The Morgan fingerprint density at radius 3 is 2.53 bits per heavy atom. The standard InChI is InChI=1S/C23H37N5O3.HI/c1-23(2,3)31-22(29)26-20(18-8-6-5-7-9-18)16-25-21(24-4)28-11-10-19(17-28)27-12-14-30-15-13-27;/h5-9,19-20H,10-17H2,1-4H3,(H,24,25)(H,26,29);1H. The number of hydrogen-bond donors (Lipinski definition) is 2. The highest BCUT2D eigenvalue weighted by Gasteiger charge is 2.30. The number of carbonyl (C=O) groups is 1. The highest BCUT2D eigenvalue weighted by molar-refractivity contribution is 14.0. The zero-order valence-corrected chi connectivity index (χ0v) is 22.0. The van der Waals surface area contributed by atoms with Gasteiger partial charge in [0.05, 0.1) is 19.3 Å². The molecule has 2 fully saturated rings. The van der Waals surface area contributed by atoms with E-state index in [-0.39, 0.29) is 30.0 Å². The Labute approximate surface area is 209 Å². The number of nitrogens with zero attached hydrogens (tertiary/aromatic N) is 3. The first-order valence-electron chi connectivity index (χ1n) is 11.2. The number of guanidine groups is 1. The van der Waals surface area contributed by atoms with E-state index >= 15 is 0 Å². The summed E-state index contributed by atoms with van der Waals surface area (Å²) in [5.74, 6) is 0.864. The fraction of sp³-hybridized carbons (Fsp3) is 0.652. The maximum Gasteiger partial charge on any atom is 0.408 e. The fourth-order valence-corrected chi connectivity index (χ4v) is 4.09. The van der Waals surface area contributed by atoms with E-state index in [1.807, 2.05) is 58.2 Å². The van der Waals surface area contributed by atoms with Gasteiger partial charge in [-0.1, -0.05) is 30.3 Å². The van der Waals surface area contributed by atoms with Crippen LogP contribution in [-0.4, -0.2) is 86.5 Å². The number of rotatable bonds is 5. The summed E-state index contributed by atoms with van der Waals surface area (Å²) in [6, 6.07) is 10.2. The maximum atomic E-state index is 12.4. The van der Waals surface area contributed by atoms with E-state index < -0.39 is 11.7 Å². The maximum absolute atomic E-state index is 12.4. The van der Waals surface area contributed by atoms with Gasteiger partial charge in [0.1, 0.15) is 5.60 Å². The SMILES string of the molecule is CN=C(NCC(NC(=O)OC(C)(C)C)c1ccccc1)N1CCC(N2CCOCC2)C1.I. The van der Waals surface area contributed by atoms with Gasteiger partial charge < -0.3 is 25.0 Å². The molecule has 1 aromatic carbocycles. The Balaban J connectivity index is 0.00000363. The Morgan fingerprint density at radius 1 is 1.22 bits per heavy atom. The summed E-state index contributed by atoms with van der Waals surface area (Å²) >= 11 is 0. The average molecular weight is 559 g/mol. The lowest BCUT2D eigenvalue weighted by atomic mass is 10.1. The van der Waals surface area contributed by atoms with Gasteiger partial charge in [-0.3, -0.25) is 9.89 Å². The van der Waals surface area contributed by atoms with Gasteiger partial charge in [0.15, 0.2) is 5.96 Å². The molecule has 180 valence electrons. The number of hydrogen-bond acceptors (Lipinski definition) is 5. The molecule has 2 aliphatic rings. The van der Waals surface area contributed by atoms with Gasteiger partial charge in [-0.2, -0.15) is 0 Å². The second-order valence-corrected chi connectivity index (χ2v) is 9.07. The molecule has 0 bridgehead atoms. The van der Waals surface area contributed by atoms with Crippen LogP contribution < -0.4 is 10.6 Å². The largest absolute Gasteiger partial charge is 0.444 e. The monoisotopic (exact) mass is 559 g/mol. The fourth-order valence-electron chi connectivity index (χ4n) is 4.09. The summed E-state index contributed by atoms with van der Waals surface area (Å²) in [5, 5.41) is 6.47. The third-order valence-electron chi connectivity index (χ3n) is 5.59. The number of carbonyl (C=O) groups excluding carboxylic acids is 1. The lowest BCUT2D eigenvalue weighted by Gasteiger charge is -2.32. The second kappa shape index (κ2) is 12.6. The van der Waals surface area contributed by atoms with Gasteiger partial charge in [0.25, 0.3) is 0 Å².